The maximum Gasteiger partial charge on any atom is 0.212 e. The van der Waals surface area contributed by atoms with Gasteiger partial charge in [-0.1, -0.05) is 12.1 Å². The summed E-state index contributed by atoms with van der Waals surface area (Å²) < 4.78 is 16.4. The topological polar surface area (TPSA) is 77.0 Å². The van der Waals surface area contributed by atoms with E-state index in [1.54, 1.807) is 20.4 Å². The lowest BCUT2D eigenvalue weighted by Gasteiger charge is -2.14. The number of guanidine groups is 1. The van der Waals surface area contributed by atoms with Crippen LogP contribution in [0.2, 0.25) is 0 Å². The van der Waals surface area contributed by atoms with E-state index >= 15 is 0 Å². The molecule has 160 valence electrons. The third-order valence-electron chi connectivity index (χ3n) is 4.00. The molecule has 0 radical (unpaired) electrons. The summed E-state index contributed by atoms with van der Waals surface area (Å²) in [6.45, 7) is 6.55. The summed E-state index contributed by atoms with van der Waals surface area (Å²) in [4.78, 5) is 8.46. The van der Waals surface area contributed by atoms with Crippen LogP contribution in [0.5, 0.6) is 17.4 Å². The molecule has 0 saturated carbocycles. The molecule has 1 aromatic heterocycles. The second-order valence-electron chi connectivity index (χ2n) is 5.96. The molecule has 7 nitrogen and oxygen atoms in total. The van der Waals surface area contributed by atoms with E-state index in [-0.39, 0.29) is 24.0 Å². The van der Waals surface area contributed by atoms with E-state index in [4.69, 9.17) is 14.2 Å². The molecule has 0 aliphatic rings. The molecule has 0 unspecified atom stereocenters. The molecule has 1 aromatic carbocycles. The van der Waals surface area contributed by atoms with Crippen LogP contribution in [0.25, 0.3) is 0 Å². The second kappa shape index (κ2) is 13.9. The molecule has 0 bridgehead atoms. The predicted octanol–water partition coefficient (Wildman–Crippen LogP) is 3.41. The van der Waals surface area contributed by atoms with Crippen LogP contribution in [0.3, 0.4) is 0 Å². The first-order valence-corrected chi connectivity index (χ1v) is 9.52. The quantitative estimate of drug-likeness (QED) is 0.288. The third kappa shape index (κ3) is 8.35. The van der Waals surface area contributed by atoms with Crippen molar-refractivity contribution in [2.24, 2.45) is 4.99 Å². The maximum absolute atomic E-state index is 5.69. The summed E-state index contributed by atoms with van der Waals surface area (Å²) in [7, 11) is 3.36. The predicted molar refractivity (Wildman–Crippen MR) is 127 cm³/mol. The summed E-state index contributed by atoms with van der Waals surface area (Å²) >= 11 is 0. The van der Waals surface area contributed by atoms with Gasteiger partial charge in [-0.15, -0.1) is 24.0 Å². The molecule has 29 heavy (non-hydrogen) atoms. The van der Waals surface area contributed by atoms with Crippen molar-refractivity contribution in [1.29, 1.82) is 0 Å². The Morgan fingerprint density at radius 2 is 1.72 bits per heavy atom. The Bertz CT molecular complexity index is 754. The van der Waals surface area contributed by atoms with Gasteiger partial charge in [0.15, 0.2) is 17.5 Å². The standard InChI is InChI=1S/C21H30N4O3.HI/c1-5-27-18-9-7-16(13-19(18)28-6-2)11-12-23-21(22-3)25-15-17-8-10-20(26-4)24-14-17;/h7-10,13-14H,5-6,11-12,15H2,1-4H3,(H2,22,23,25);1H. The first-order chi connectivity index (χ1) is 13.7. The first kappa shape index (κ1) is 24.8. The Morgan fingerprint density at radius 1 is 1.00 bits per heavy atom. The number of aromatic nitrogens is 1. The number of hydrogen-bond acceptors (Lipinski definition) is 5. The molecular weight excluding hydrogens is 483 g/mol. The number of halogens is 1. The maximum atomic E-state index is 5.69. The van der Waals surface area contributed by atoms with Crippen molar-refractivity contribution in [3.05, 3.63) is 47.7 Å². The zero-order valence-corrected chi connectivity index (χ0v) is 19.9. The van der Waals surface area contributed by atoms with Gasteiger partial charge in [0.05, 0.1) is 20.3 Å². The number of aliphatic imine (C=N–C) groups is 1. The van der Waals surface area contributed by atoms with Gasteiger partial charge < -0.3 is 24.8 Å². The zero-order valence-electron chi connectivity index (χ0n) is 17.5. The molecular formula is C21H31IN4O3. The summed E-state index contributed by atoms with van der Waals surface area (Å²) in [5.41, 5.74) is 2.23. The van der Waals surface area contributed by atoms with Gasteiger partial charge in [0, 0.05) is 32.4 Å². The molecule has 0 saturated heterocycles. The van der Waals surface area contributed by atoms with Crippen molar-refractivity contribution in [2.75, 3.05) is 33.9 Å². The highest BCUT2D eigenvalue weighted by molar-refractivity contribution is 14.0. The lowest BCUT2D eigenvalue weighted by Crippen LogP contribution is -2.37. The number of methoxy groups -OCH3 is 1. The van der Waals surface area contributed by atoms with Crippen molar-refractivity contribution < 1.29 is 14.2 Å². The van der Waals surface area contributed by atoms with Gasteiger partial charge in [0.1, 0.15) is 0 Å². The fourth-order valence-electron chi connectivity index (χ4n) is 2.62. The molecule has 0 atom stereocenters. The summed E-state index contributed by atoms with van der Waals surface area (Å²) in [5, 5.41) is 6.60. The molecule has 0 fully saturated rings. The van der Waals surface area contributed by atoms with Gasteiger partial charge in [0.2, 0.25) is 5.88 Å². The van der Waals surface area contributed by atoms with Crippen molar-refractivity contribution in [1.82, 2.24) is 15.6 Å². The van der Waals surface area contributed by atoms with Crippen molar-refractivity contribution in [3.8, 4) is 17.4 Å². The lowest BCUT2D eigenvalue weighted by molar-refractivity contribution is 0.287. The molecule has 2 rings (SSSR count). The summed E-state index contributed by atoms with van der Waals surface area (Å²) in [5.74, 6) is 2.92. The van der Waals surface area contributed by atoms with E-state index in [0.717, 1.165) is 36.0 Å². The van der Waals surface area contributed by atoms with Crippen LogP contribution in [-0.4, -0.2) is 44.9 Å². The normalized spacial score (nSPS) is 10.7. The van der Waals surface area contributed by atoms with Crippen LogP contribution >= 0.6 is 24.0 Å². The zero-order chi connectivity index (χ0) is 20.2. The van der Waals surface area contributed by atoms with Crippen LogP contribution in [-0.2, 0) is 13.0 Å². The Morgan fingerprint density at radius 3 is 2.34 bits per heavy atom. The number of nitrogens with one attached hydrogen (secondary N) is 2. The number of hydrogen-bond donors (Lipinski definition) is 2. The molecule has 0 aliphatic carbocycles. The molecule has 0 amide bonds. The summed E-state index contributed by atoms with van der Waals surface area (Å²) in [6.07, 6.45) is 2.63. The second-order valence-corrected chi connectivity index (χ2v) is 5.96. The van der Waals surface area contributed by atoms with Gasteiger partial charge in [0.25, 0.3) is 0 Å². The van der Waals surface area contributed by atoms with Gasteiger partial charge in [-0.05, 0) is 43.5 Å². The largest absolute Gasteiger partial charge is 0.490 e. The fraction of sp³-hybridized carbons (Fsp3) is 0.429. The van der Waals surface area contributed by atoms with Crippen LogP contribution in [0.1, 0.15) is 25.0 Å². The van der Waals surface area contributed by atoms with Gasteiger partial charge in [-0.2, -0.15) is 0 Å². The van der Waals surface area contributed by atoms with Crippen LogP contribution in [0.15, 0.2) is 41.5 Å². The van der Waals surface area contributed by atoms with Crippen LogP contribution < -0.4 is 24.8 Å². The smallest absolute Gasteiger partial charge is 0.212 e. The highest BCUT2D eigenvalue weighted by Gasteiger charge is 2.06. The van der Waals surface area contributed by atoms with Gasteiger partial charge in [-0.25, -0.2) is 4.98 Å². The molecule has 1 heterocycles. The van der Waals surface area contributed by atoms with Gasteiger partial charge >= 0.3 is 0 Å². The highest BCUT2D eigenvalue weighted by Crippen LogP contribution is 2.28. The van der Waals surface area contributed by atoms with Crippen molar-refractivity contribution in [3.63, 3.8) is 0 Å². The van der Waals surface area contributed by atoms with Crippen LogP contribution in [0, 0.1) is 0 Å². The average Bonchev–Trinajstić information content (AvgIpc) is 2.73. The number of rotatable bonds is 10. The third-order valence-corrected chi connectivity index (χ3v) is 4.00. The summed E-state index contributed by atoms with van der Waals surface area (Å²) in [6, 6.07) is 9.88. The van der Waals surface area contributed by atoms with E-state index in [9.17, 15) is 0 Å². The Hall–Kier alpha value is -2.23. The minimum Gasteiger partial charge on any atom is -0.490 e. The highest BCUT2D eigenvalue weighted by atomic mass is 127. The molecule has 0 aliphatic heterocycles. The molecule has 0 spiro atoms. The van der Waals surface area contributed by atoms with Crippen molar-refractivity contribution >= 4 is 29.9 Å². The molecule has 2 N–H and O–H groups in total. The van der Waals surface area contributed by atoms with E-state index in [2.05, 4.69) is 26.7 Å². The minimum absolute atomic E-state index is 0. The Kier molecular flexibility index (Phi) is 11.9. The molecule has 2 aromatic rings. The monoisotopic (exact) mass is 514 g/mol. The van der Waals surface area contributed by atoms with E-state index in [1.807, 2.05) is 38.1 Å². The number of ether oxygens (including phenoxy) is 3. The van der Waals surface area contributed by atoms with E-state index < -0.39 is 0 Å². The number of benzene rings is 1. The Labute approximate surface area is 190 Å². The van der Waals surface area contributed by atoms with E-state index in [1.165, 1.54) is 5.56 Å². The Balaban J connectivity index is 0.00000420. The number of nitrogens with zero attached hydrogens (tertiary/aromatic N) is 2. The average molecular weight is 514 g/mol. The first-order valence-electron chi connectivity index (χ1n) is 9.52. The van der Waals surface area contributed by atoms with Gasteiger partial charge in [-0.3, -0.25) is 4.99 Å². The van der Waals surface area contributed by atoms with Crippen molar-refractivity contribution in [2.45, 2.75) is 26.8 Å². The van der Waals surface area contributed by atoms with Crippen LogP contribution in [0.4, 0.5) is 0 Å². The fourth-order valence-corrected chi connectivity index (χ4v) is 2.62. The number of pyridine rings is 1. The molecule has 8 heteroatoms. The minimum atomic E-state index is 0. The lowest BCUT2D eigenvalue weighted by atomic mass is 10.1. The SMILES string of the molecule is CCOc1ccc(CCNC(=NC)NCc2ccc(OC)nc2)cc1OCC.I. The van der Waals surface area contributed by atoms with E-state index in [0.29, 0.717) is 25.6 Å².